The van der Waals surface area contributed by atoms with Gasteiger partial charge in [0.25, 0.3) is 0 Å². The molecule has 0 saturated carbocycles. The van der Waals surface area contributed by atoms with Crippen molar-refractivity contribution in [2.45, 2.75) is 19.5 Å². The van der Waals surface area contributed by atoms with Crippen molar-refractivity contribution in [3.05, 3.63) is 57.5 Å². The van der Waals surface area contributed by atoms with Gasteiger partial charge in [-0.05, 0) is 55.7 Å². The monoisotopic (exact) mass is 350 g/mol. The summed E-state index contributed by atoms with van der Waals surface area (Å²) in [7, 11) is 3.59. The quantitative estimate of drug-likeness (QED) is 0.835. The number of hydrogen-bond acceptors (Lipinski definition) is 4. The molecule has 1 N–H and O–H groups in total. The maximum Gasteiger partial charge on any atom is 0.244 e. The van der Waals surface area contributed by atoms with Crippen molar-refractivity contribution in [2.75, 3.05) is 27.2 Å². The number of thiophene rings is 1. The van der Waals surface area contributed by atoms with Crippen molar-refractivity contribution in [2.24, 2.45) is 0 Å². The van der Waals surface area contributed by atoms with Crippen molar-refractivity contribution in [3.63, 3.8) is 0 Å². The fourth-order valence-electron chi connectivity index (χ4n) is 2.64. The lowest BCUT2D eigenvalue weighted by Gasteiger charge is -2.30. The molecule has 0 bridgehead atoms. The van der Waals surface area contributed by atoms with Gasteiger partial charge < -0.3 is 10.0 Å². The molecule has 0 radical (unpaired) electrons. The number of carbonyl (C=O) groups excluding carboxylic acids is 1. The molecule has 2 aromatic rings. The average Bonchev–Trinajstić information content (AvgIpc) is 2.92. The van der Waals surface area contributed by atoms with E-state index in [1.54, 1.807) is 47.4 Å². The zero-order valence-corrected chi connectivity index (χ0v) is 15.0. The molecule has 0 aliphatic carbocycles. The standard InChI is InChI=1S/C18H23FN2O2S/c1-13-7-10-24-16(13)12-21(8-9-22)18(23)17(20(2)3)14-5-4-6-15(19)11-14/h4-7,10-11,17,22H,8-9,12H2,1-3H3. The van der Waals surface area contributed by atoms with Gasteiger partial charge in [0.1, 0.15) is 11.9 Å². The molecule has 0 aliphatic rings. The molecule has 0 saturated heterocycles. The van der Waals surface area contributed by atoms with Crippen LogP contribution in [0.3, 0.4) is 0 Å². The van der Waals surface area contributed by atoms with Gasteiger partial charge in [0.15, 0.2) is 0 Å². The molecule has 1 aromatic heterocycles. The molecule has 24 heavy (non-hydrogen) atoms. The highest BCUT2D eigenvalue weighted by atomic mass is 32.1. The number of amides is 1. The summed E-state index contributed by atoms with van der Waals surface area (Å²) in [4.78, 5) is 17.6. The van der Waals surface area contributed by atoms with Gasteiger partial charge in [-0.1, -0.05) is 12.1 Å². The third-order valence-corrected chi connectivity index (χ3v) is 4.91. The largest absolute Gasteiger partial charge is 0.395 e. The summed E-state index contributed by atoms with van der Waals surface area (Å²) in [6.07, 6.45) is 0. The number of benzene rings is 1. The van der Waals surface area contributed by atoms with Crippen LogP contribution in [0, 0.1) is 12.7 Å². The molecule has 1 atom stereocenters. The summed E-state index contributed by atoms with van der Waals surface area (Å²) in [5.74, 6) is -0.512. The van der Waals surface area contributed by atoms with Crippen LogP contribution in [0.4, 0.5) is 4.39 Å². The van der Waals surface area contributed by atoms with Crippen LogP contribution in [0.2, 0.25) is 0 Å². The van der Waals surface area contributed by atoms with E-state index >= 15 is 0 Å². The number of likely N-dealkylation sites (N-methyl/N-ethyl adjacent to an activating group) is 1. The van der Waals surface area contributed by atoms with Gasteiger partial charge >= 0.3 is 0 Å². The van der Waals surface area contributed by atoms with E-state index in [0.29, 0.717) is 12.1 Å². The van der Waals surface area contributed by atoms with Gasteiger partial charge in [0.2, 0.25) is 5.91 Å². The van der Waals surface area contributed by atoms with Crippen LogP contribution in [0.1, 0.15) is 22.0 Å². The summed E-state index contributed by atoms with van der Waals surface area (Å²) in [6, 6.07) is 7.52. The molecule has 1 unspecified atom stereocenters. The fraction of sp³-hybridized carbons (Fsp3) is 0.389. The number of aliphatic hydroxyl groups is 1. The van der Waals surface area contributed by atoms with E-state index in [9.17, 15) is 14.3 Å². The molecule has 1 amide bonds. The molecular formula is C18H23FN2O2S. The molecular weight excluding hydrogens is 327 g/mol. The highest BCUT2D eigenvalue weighted by molar-refractivity contribution is 7.10. The lowest BCUT2D eigenvalue weighted by Crippen LogP contribution is -2.41. The normalized spacial score (nSPS) is 12.4. The van der Waals surface area contributed by atoms with Gasteiger partial charge in [0.05, 0.1) is 13.2 Å². The summed E-state index contributed by atoms with van der Waals surface area (Å²) in [5, 5.41) is 11.3. The van der Waals surface area contributed by atoms with Crippen LogP contribution in [0.25, 0.3) is 0 Å². The number of aliphatic hydroxyl groups excluding tert-OH is 1. The molecule has 1 heterocycles. The maximum absolute atomic E-state index is 13.6. The molecule has 0 aliphatic heterocycles. The minimum absolute atomic E-state index is 0.112. The smallest absolute Gasteiger partial charge is 0.244 e. The predicted molar refractivity (Wildman–Crippen MR) is 94.4 cm³/mol. The zero-order chi connectivity index (χ0) is 17.7. The summed E-state index contributed by atoms with van der Waals surface area (Å²) < 4.78 is 13.6. The zero-order valence-electron chi connectivity index (χ0n) is 14.2. The first kappa shape index (κ1) is 18.6. The Kier molecular flexibility index (Phi) is 6.48. The predicted octanol–water partition coefficient (Wildman–Crippen LogP) is 2.82. The van der Waals surface area contributed by atoms with Crippen LogP contribution in [-0.2, 0) is 11.3 Å². The summed E-state index contributed by atoms with van der Waals surface area (Å²) >= 11 is 1.59. The first-order valence-electron chi connectivity index (χ1n) is 7.78. The molecule has 0 fully saturated rings. The number of carbonyl (C=O) groups is 1. The second-order valence-corrected chi connectivity index (χ2v) is 6.93. The van der Waals surface area contributed by atoms with E-state index in [-0.39, 0.29) is 24.9 Å². The van der Waals surface area contributed by atoms with Crippen molar-refractivity contribution >= 4 is 17.2 Å². The molecule has 130 valence electrons. The van der Waals surface area contributed by atoms with Gasteiger partial charge in [-0.25, -0.2) is 4.39 Å². The van der Waals surface area contributed by atoms with Crippen molar-refractivity contribution in [3.8, 4) is 0 Å². The Hall–Kier alpha value is -1.76. The van der Waals surface area contributed by atoms with Gasteiger partial charge in [-0.3, -0.25) is 9.69 Å². The van der Waals surface area contributed by atoms with E-state index in [1.165, 1.54) is 12.1 Å². The van der Waals surface area contributed by atoms with E-state index in [4.69, 9.17) is 0 Å². The SMILES string of the molecule is Cc1ccsc1CN(CCO)C(=O)C(c1cccc(F)c1)N(C)C. The third-order valence-electron chi connectivity index (χ3n) is 3.90. The number of halogens is 1. The van der Waals surface area contributed by atoms with Crippen molar-refractivity contribution in [1.29, 1.82) is 0 Å². The van der Waals surface area contributed by atoms with Crippen LogP contribution in [-0.4, -0.2) is 48.1 Å². The van der Waals surface area contributed by atoms with Crippen molar-refractivity contribution < 1.29 is 14.3 Å². The minimum atomic E-state index is -0.590. The Morgan fingerprint density at radius 2 is 2.08 bits per heavy atom. The maximum atomic E-state index is 13.6. The van der Waals surface area contributed by atoms with Gasteiger partial charge in [-0.15, -0.1) is 11.3 Å². The Bertz CT molecular complexity index is 687. The molecule has 1 aromatic carbocycles. The van der Waals surface area contributed by atoms with Gasteiger partial charge in [0, 0.05) is 11.4 Å². The first-order chi connectivity index (χ1) is 11.4. The Balaban J connectivity index is 2.29. The van der Waals surface area contributed by atoms with Crippen LogP contribution in [0.5, 0.6) is 0 Å². The Morgan fingerprint density at radius 1 is 1.33 bits per heavy atom. The van der Waals surface area contributed by atoms with Crippen LogP contribution >= 0.6 is 11.3 Å². The molecule has 6 heteroatoms. The average molecular weight is 350 g/mol. The number of hydrogen-bond donors (Lipinski definition) is 1. The minimum Gasteiger partial charge on any atom is -0.395 e. The second-order valence-electron chi connectivity index (χ2n) is 5.93. The molecule has 2 rings (SSSR count). The van der Waals surface area contributed by atoms with E-state index in [0.717, 1.165) is 10.4 Å². The van der Waals surface area contributed by atoms with E-state index < -0.39 is 6.04 Å². The Morgan fingerprint density at radius 3 is 2.62 bits per heavy atom. The lowest BCUT2D eigenvalue weighted by atomic mass is 10.0. The number of rotatable bonds is 7. The van der Waals surface area contributed by atoms with E-state index in [2.05, 4.69) is 0 Å². The first-order valence-corrected chi connectivity index (χ1v) is 8.66. The van der Waals surface area contributed by atoms with Gasteiger partial charge in [-0.2, -0.15) is 0 Å². The van der Waals surface area contributed by atoms with Crippen LogP contribution < -0.4 is 0 Å². The lowest BCUT2D eigenvalue weighted by molar-refractivity contribution is -0.137. The second kappa shape index (κ2) is 8.37. The molecule has 0 spiro atoms. The highest BCUT2D eigenvalue weighted by Crippen LogP contribution is 2.24. The highest BCUT2D eigenvalue weighted by Gasteiger charge is 2.28. The Labute approximate surface area is 146 Å². The summed E-state index contributed by atoms with van der Waals surface area (Å²) in [6.45, 7) is 2.58. The number of aryl methyl sites for hydroxylation is 1. The van der Waals surface area contributed by atoms with Crippen molar-refractivity contribution in [1.82, 2.24) is 9.80 Å². The number of nitrogens with zero attached hydrogens (tertiary/aromatic N) is 2. The van der Waals surface area contributed by atoms with E-state index in [1.807, 2.05) is 18.4 Å². The third kappa shape index (κ3) is 4.41. The molecule has 4 nitrogen and oxygen atoms in total. The fourth-order valence-corrected chi connectivity index (χ4v) is 3.56. The topological polar surface area (TPSA) is 43.8 Å². The summed E-state index contributed by atoms with van der Waals surface area (Å²) in [5.41, 5.74) is 1.73. The van der Waals surface area contributed by atoms with Crippen LogP contribution in [0.15, 0.2) is 35.7 Å².